The Morgan fingerprint density at radius 1 is 1.38 bits per heavy atom. The number of aliphatic hydroxyl groups is 2. The van der Waals surface area contributed by atoms with Gasteiger partial charge in [0, 0.05) is 6.66 Å². The van der Waals surface area contributed by atoms with Crippen molar-refractivity contribution in [3.8, 4) is 5.88 Å². The number of methoxy groups -OCH3 is 1. The predicted octanol–water partition coefficient (Wildman–Crippen LogP) is 1.28. The van der Waals surface area contributed by atoms with Crippen LogP contribution in [0.3, 0.4) is 0 Å². The Morgan fingerprint density at radius 2 is 2.10 bits per heavy atom. The molecule has 2 aromatic rings. The monoisotopic (exact) mass is 430 g/mol. The number of ether oxygens (including phenoxy) is 2. The molecule has 2 N–H and O–H groups in total. The van der Waals surface area contributed by atoms with E-state index in [2.05, 4.69) is 15.0 Å². The lowest BCUT2D eigenvalue weighted by Crippen LogP contribution is -2.41. The number of rotatable bonds is 8. The summed E-state index contributed by atoms with van der Waals surface area (Å²) in [5, 5.41) is 20.9. The van der Waals surface area contributed by atoms with E-state index >= 15 is 0 Å². The Kier molecular flexibility index (Phi) is 6.28. The van der Waals surface area contributed by atoms with E-state index in [-0.39, 0.29) is 19.8 Å². The highest BCUT2D eigenvalue weighted by atomic mass is 31.2. The van der Waals surface area contributed by atoms with Gasteiger partial charge in [-0.3, -0.25) is 9.13 Å². The fourth-order valence-corrected chi connectivity index (χ4v) is 4.40. The van der Waals surface area contributed by atoms with E-state index in [0.717, 1.165) is 0 Å². The van der Waals surface area contributed by atoms with Crippen LogP contribution in [-0.2, 0) is 18.3 Å². The molecule has 0 bridgehead atoms. The third kappa shape index (κ3) is 4.03. The first-order valence-corrected chi connectivity index (χ1v) is 11.2. The van der Waals surface area contributed by atoms with Crippen molar-refractivity contribution in [3.05, 3.63) is 12.2 Å². The molecule has 2 aromatic heterocycles. The van der Waals surface area contributed by atoms with Gasteiger partial charge in [0.25, 0.3) is 0 Å². The van der Waals surface area contributed by atoms with Gasteiger partial charge in [0.15, 0.2) is 11.2 Å². The van der Waals surface area contributed by atoms with Crippen molar-refractivity contribution in [1.29, 1.82) is 0 Å². The highest BCUT2D eigenvalue weighted by Crippen LogP contribution is 2.49. The Bertz CT molecular complexity index is 923. The van der Waals surface area contributed by atoms with Crippen molar-refractivity contribution in [1.82, 2.24) is 19.5 Å². The number of aryl methyl sites for hydroxylation is 1. The minimum Gasteiger partial charge on any atom is -0.479 e. The fourth-order valence-electron chi connectivity index (χ4n) is 3.44. The van der Waals surface area contributed by atoms with Gasteiger partial charge < -0.3 is 28.7 Å². The van der Waals surface area contributed by atoms with Crippen LogP contribution in [0, 0.1) is 12.3 Å². The average molecular weight is 430 g/mol. The van der Waals surface area contributed by atoms with Gasteiger partial charge in [-0.1, -0.05) is 6.92 Å². The van der Waals surface area contributed by atoms with Gasteiger partial charge >= 0.3 is 7.60 Å². The number of nitrogens with zero attached hydrogens (tertiary/aromatic N) is 4. The van der Waals surface area contributed by atoms with Gasteiger partial charge in [-0.05, 0) is 13.8 Å². The lowest BCUT2D eigenvalue weighted by atomic mass is 9.83. The van der Waals surface area contributed by atoms with Crippen molar-refractivity contribution in [2.75, 3.05) is 33.6 Å². The van der Waals surface area contributed by atoms with E-state index in [0.29, 0.717) is 22.9 Å². The average Bonchev–Trinajstić information content (AvgIpc) is 3.19. The Balaban J connectivity index is 1.94. The Labute approximate surface area is 168 Å². The SMILES string of the molecule is CCOP(C)(=O)OC[C@H]1O[C@@H](n2cnc3c(OC)nc(C)nc32)[C@@](C)(CO)C1O. The molecule has 0 amide bonds. The number of fused-ring (bicyclic) bond motifs is 1. The summed E-state index contributed by atoms with van der Waals surface area (Å²) in [6, 6.07) is 0. The van der Waals surface area contributed by atoms with Crippen molar-refractivity contribution in [2.24, 2.45) is 5.41 Å². The number of aliphatic hydroxyl groups excluding tert-OH is 2. The van der Waals surface area contributed by atoms with Gasteiger partial charge in [0.2, 0.25) is 5.88 Å². The van der Waals surface area contributed by atoms with Crippen molar-refractivity contribution >= 4 is 18.8 Å². The van der Waals surface area contributed by atoms with Crippen molar-refractivity contribution < 1.29 is 33.3 Å². The highest BCUT2D eigenvalue weighted by Gasteiger charge is 2.54. The van der Waals surface area contributed by atoms with E-state index in [1.165, 1.54) is 20.1 Å². The summed E-state index contributed by atoms with van der Waals surface area (Å²) in [5.74, 6) is 0.794. The molecule has 0 saturated carbocycles. The van der Waals surface area contributed by atoms with Crippen LogP contribution in [0.5, 0.6) is 5.88 Å². The van der Waals surface area contributed by atoms with Gasteiger partial charge in [-0.15, -0.1) is 0 Å². The van der Waals surface area contributed by atoms with Crippen LogP contribution in [0.1, 0.15) is 25.9 Å². The van der Waals surface area contributed by atoms with E-state index < -0.39 is 31.4 Å². The molecule has 1 saturated heterocycles. The van der Waals surface area contributed by atoms with Gasteiger partial charge in [-0.2, -0.15) is 4.98 Å². The molecule has 2 unspecified atom stereocenters. The van der Waals surface area contributed by atoms with E-state index in [1.54, 1.807) is 25.3 Å². The Hall–Kier alpha value is -1.62. The molecule has 162 valence electrons. The zero-order valence-corrected chi connectivity index (χ0v) is 18.0. The first kappa shape index (κ1) is 22.1. The third-order valence-electron chi connectivity index (χ3n) is 5.02. The maximum atomic E-state index is 12.2. The maximum Gasteiger partial charge on any atom is 0.327 e. The molecule has 0 radical (unpaired) electrons. The molecule has 0 aliphatic carbocycles. The second-order valence-corrected chi connectivity index (χ2v) is 9.28. The van der Waals surface area contributed by atoms with E-state index in [1.807, 2.05) is 0 Å². The smallest absolute Gasteiger partial charge is 0.327 e. The number of aromatic nitrogens is 4. The molecule has 0 aromatic carbocycles. The minimum atomic E-state index is -3.27. The molecule has 3 rings (SSSR count). The molecule has 12 heteroatoms. The second kappa shape index (κ2) is 8.25. The number of hydrogen-bond donors (Lipinski definition) is 2. The highest BCUT2D eigenvalue weighted by molar-refractivity contribution is 7.52. The molecule has 3 heterocycles. The molecular weight excluding hydrogens is 403 g/mol. The first-order valence-electron chi connectivity index (χ1n) is 9.23. The second-order valence-electron chi connectivity index (χ2n) is 7.22. The van der Waals surface area contributed by atoms with Gasteiger partial charge in [0.1, 0.15) is 18.2 Å². The topological polar surface area (TPSA) is 138 Å². The van der Waals surface area contributed by atoms with Crippen LogP contribution >= 0.6 is 7.60 Å². The summed E-state index contributed by atoms with van der Waals surface area (Å²) >= 11 is 0. The largest absolute Gasteiger partial charge is 0.479 e. The summed E-state index contributed by atoms with van der Waals surface area (Å²) in [7, 11) is -1.78. The van der Waals surface area contributed by atoms with Crippen molar-refractivity contribution in [2.45, 2.75) is 39.2 Å². The standard InChI is InChI=1S/C17H27N4O7P/c1-6-26-29(5,24)27-7-11-13(23)17(3,8-22)16(28-11)21-9-18-12-14(21)19-10(2)20-15(12)25-4/h9,11,13,16,22-23H,6-8H2,1-5H3/t11-,13?,16-,17+,29?/m1/s1. The van der Waals surface area contributed by atoms with Crippen LogP contribution in [0.15, 0.2) is 6.33 Å². The first-order chi connectivity index (χ1) is 13.7. The molecule has 5 atom stereocenters. The van der Waals surface area contributed by atoms with Crippen LogP contribution < -0.4 is 4.74 Å². The van der Waals surface area contributed by atoms with Crippen molar-refractivity contribution in [3.63, 3.8) is 0 Å². The fraction of sp³-hybridized carbons (Fsp3) is 0.706. The van der Waals surface area contributed by atoms with Crippen LogP contribution in [-0.4, -0.2) is 75.5 Å². The van der Waals surface area contributed by atoms with Crippen LogP contribution in [0.25, 0.3) is 11.2 Å². The lowest BCUT2D eigenvalue weighted by molar-refractivity contribution is -0.0580. The quantitative estimate of drug-likeness (QED) is 0.589. The van der Waals surface area contributed by atoms with Crippen LogP contribution in [0.4, 0.5) is 0 Å². The van der Waals surface area contributed by atoms with Gasteiger partial charge in [-0.25, -0.2) is 9.97 Å². The summed E-state index contributed by atoms with van der Waals surface area (Å²) in [6.07, 6.45) is -1.24. The molecular formula is C17H27N4O7P. The number of imidazole rings is 1. The summed E-state index contributed by atoms with van der Waals surface area (Å²) in [4.78, 5) is 12.9. The zero-order chi connectivity index (χ0) is 21.4. The summed E-state index contributed by atoms with van der Waals surface area (Å²) in [5.41, 5.74) is -0.203. The minimum absolute atomic E-state index is 0.162. The lowest BCUT2D eigenvalue weighted by Gasteiger charge is -2.31. The van der Waals surface area contributed by atoms with Crippen LogP contribution in [0.2, 0.25) is 0 Å². The molecule has 1 fully saturated rings. The number of hydrogen-bond acceptors (Lipinski definition) is 10. The molecule has 1 aliphatic heterocycles. The third-order valence-corrected chi connectivity index (χ3v) is 6.37. The molecule has 1 aliphatic rings. The molecule has 29 heavy (non-hydrogen) atoms. The molecule has 11 nitrogen and oxygen atoms in total. The van der Waals surface area contributed by atoms with E-state index in [9.17, 15) is 14.8 Å². The normalized spacial score (nSPS) is 29.3. The van der Waals surface area contributed by atoms with E-state index in [4.69, 9.17) is 18.5 Å². The zero-order valence-electron chi connectivity index (χ0n) is 17.1. The summed E-state index contributed by atoms with van der Waals surface area (Å²) < 4.78 is 35.6. The predicted molar refractivity (Wildman–Crippen MR) is 103 cm³/mol. The van der Waals surface area contributed by atoms with Gasteiger partial charge in [0.05, 0.1) is 44.8 Å². The Morgan fingerprint density at radius 3 is 2.72 bits per heavy atom. The molecule has 0 spiro atoms. The maximum absolute atomic E-state index is 12.2. The summed E-state index contributed by atoms with van der Waals surface area (Å²) in [6.45, 7) is 6.18.